The Hall–Kier alpha value is -2.36. The third-order valence-electron chi connectivity index (χ3n) is 5.72. The number of piperidine rings is 1. The summed E-state index contributed by atoms with van der Waals surface area (Å²) in [6.07, 6.45) is 1.29. The van der Waals surface area contributed by atoms with Crippen LogP contribution >= 0.6 is 11.6 Å². The molecule has 1 aromatic rings. The second-order valence-electron chi connectivity index (χ2n) is 7.66. The normalized spacial score (nSPS) is 21.2. The van der Waals surface area contributed by atoms with Crippen LogP contribution in [-0.2, 0) is 19.1 Å². The van der Waals surface area contributed by atoms with Gasteiger partial charge in [0.25, 0.3) is 0 Å². The van der Waals surface area contributed by atoms with Gasteiger partial charge in [0.2, 0.25) is 11.8 Å². The Kier molecular flexibility index (Phi) is 6.12. The first-order valence-electron chi connectivity index (χ1n) is 10.1. The van der Waals surface area contributed by atoms with Crippen molar-refractivity contribution in [2.24, 2.45) is 0 Å². The summed E-state index contributed by atoms with van der Waals surface area (Å²) in [6, 6.07) is 6.40. The Morgan fingerprint density at radius 1 is 1.00 bits per heavy atom. The molecule has 4 rings (SSSR count). The highest BCUT2D eigenvalue weighted by molar-refractivity contribution is 6.30. The highest BCUT2D eigenvalue weighted by atomic mass is 35.5. The Labute approximate surface area is 179 Å². The molecule has 1 aromatic carbocycles. The summed E-state index contributed by atoms with van der Waals surface area (Å²) < 4.78 is 11.4. The van der Waals surface area contributed by atoms with Crippen LogP contribution in [0.25, 0.3) is 0 Å². The second-order valence-corrected chi connectivity index (χ2v) is 8.10. The molecule has 0 unspecified atom stereocenters. The van der Waals surface area contributed by atoms with Crippen molar-refractivity contribution >= 4 is 35.1 Å². The van der Waals surface area contributed by atoms with Gasteiger partial charge in [-0.25, -0.2) is 4.79 Å². The fourth-order valence-electron chi connectivity index (χ4n) is 3.93. The minimum atomic E-state index is -0.532. The summed E-state index contributed by atoms with van der Waals surface area (Å²) in [5.74, 6) is -0.859. The number of likely N-dealkylation sites (tertiary alicyclic amines) is 1. The zero-order chi connectivity index (χ0) is 21.1. The number of rotatable bonds is 3. The predicted molar refractivity (Wildman–Crippen MR) is 109 cm³/mol. The third kappa shape index (κ3) is 4.69. The summed E-state index contributed by atoms with van der Waals surface area (Å²) in [7, 11) is 0. The van der Waals surface area contributed by atoms with Crippen molar-refractivity contribution in [2.45, 2.75) is 18.6 Å². The van der Waals surface area contributed by atoms with Crippen molar-refractivity contribution in [3.05, 3.63) is 29.3 Å². The zero-order valence-electron chi connectivity index (χ0n) is 16.6. The van der Waals surface area contributed by atoms with Gasteiger partial charge in [0.1, 0.15) is 6.54 Å². The lowest BCUT2D eigenvalue weighted by atomic mass is 10.0. The lowest BCUT2D eigenvalue weighted by Gasteiger charge is -2.39. The van der Waals surface area contributed by atoms with Crippen LogP contribution in [0, 0.1) is 0 Å². The van der Waals surface area contributed by atoms with Crippen molar-refractivity contribution < 1.29 is 23.9 Å². The predicted octanol–water partition coefficient (Wildman–Crippen LogP) is 1.38. The van der Waals surface area contributed by atoms with E-state index in [1.807, 2.05) is 0 Å². The molecule has 0 bridgehead atoms. The molecule has 3 fully saturated rings. The maximum atomic E-state index is 12.6. The van der Waals surface area contributed by atoms with E-state index in [2.05, 4.69) is 5.32 Å². The lowest BCUT2D eigenvalue weighted by Crippen LogP contribution is -2.56. The van der Waals surface area contributed by atoms with Gasteiger partial charge in [-0.2, -0.15) is 0 Å². The van der Waals surface area contributed by atoms with Gasteiger partial charge in [-0.3, -0.25) is 9.59 Å². The standard InChI is InChI=1S/C20H25ClN4O5/c21-15-1-3-16(4-2-15)22-19(28)25-10-9-24(18(27)14-25)13-17(26)23-7-5-20(6-8-23)29-11-12-30-20/h1-4H,5-14H2,(H,22,28). The van der Waals surface area contributed by atoms with Gasteiger partial charge in [-0.05, 0) is 24.3 Å². The summed E-state index contributed by atoms with van der Waals surface area (Å²) >= 11 is 5.84. The molecule has 9 nitrogen and oxygen atoms in total. The van der Waals surface area contributed by atoms with Crippen molar-refractivity contribution in [3.63, 3.8) is 0 Å². The van der Waals surface area contributed by atoms with Gasteiger partial charge in [-0.15, -0.1) is 0 Å². The van der Waals surface area contributed by atoms with Crippen molar-refractivity contribution in [1.29, 1.82) is 0 Å². The molecule has 0 aliphatic carbocycles. The third-order valence-corrected chi connectivity index (χ3v) is 5.97. The monoisotopic (exact) mass is 436 g/mol. The average Bonchev–Trinajstić information content (AvgIpc) is 3.19. The van der Waals surface area contributed by atoms with Crippen LogP contribution in [0.5, 0.6) is 0 Å². The molecule has 3 aliphatic heterocycles. The van der Waals surface area contributed by atoms with E-state index in [-0.39, 0.29) is 30.9 Å². The number of ether oxygens (including phenoxy) is 2. The molecule has 0 atom stereocenters. The van der Waals surface area contributed by atoms with E-state index in [1.165, 1.54) is 9.80 Å². The number of amides is 4. The molecule has 0 aromatic heterocycles. The molecule has 4 amide bonds. The van der Waals surface area contributed by atoms with Gasteiger partial charge >= 0.3 is 6.03 Å². The largest absolute Gasteiger partial charge is 0.347 e. The highest BCUT2D eigenvalue weighted by Crippen LogP contribution is 2.31. The summed E-state index contributed by atoms with van der Waals surface area (Å²) in [6.45, 7) is 2.95. The molecule has 3 heterocycles. The van der Waals surface area contributed by atoms with Gasteiger partial charge in [-0.1, -0.05) is 11.6 Å². The minimum Gasteiger partial charge on any atom is -0.347 e. The van der Waals surface area contributed by atoms with Gasteiger partial charge in [0.15, 0.2) is 5.79 Å². The number of nitrogens with one attached hydrogen (secondary N) is 1. The SMILES string of the molecule is O=C(CN1CCN(C(=O)Nc2ccc(Cl)cc2)CC1=O)N1CCC2(CC1)OCCO2. The second kappa shape index (κ2) is 8.79. The van der Waals surface area contributed by atoms with E-state index >= 15 is 0 Å². The summed E-state index contributed by atoms with van der Waals surface area (Å²) in [5.41, 5.74) is 0.604. The maximum Gasteiger partial charge on any atom is 0.322 e. The molecule has 162 valence electrons. The number of anilines is 1. The van der Waals surface area contributed by atoms with Crippen LogP contribution in [0.1, 0.15) is 12.8 Å². The molecule has 3 saturated heterocycles. The van der Waals surface area contributed by atoms with Crippen molar-refractivity contribution in [1.82, 2.24) is 14.7 Å². The Balaban J connectivity index is 1.24. The number of hydrogen-bond acceptors (Lipinski definition) is 5. The Bertz CT molecular complexity index is 802. The number of carbonyl (C=O) groups excluding carboxylic acids is 3. The average molecular weight is 437 g/mol. The summed E-state index contributed by atoms with van der Waals surface area (Å²) in [5, 5.41) is 3.33. The van der Waals surface area contributed by atoms with Crippen molar-refractivity contribution in [3.8, 4) is 0 Å². The highest BCUT2D eigenvalue weighted by Gasteiger charge is 2.41. The molecule has 3 aliphatic rings. The van der Waals surface area contributed by atoms with Crippen LogP contribution in [0.3, 0.4) is 0 Å². The van der Waals surface area contributed by atoms with E-state index in [9.17, 15) is 14.4 Å². The van der Waals surface area contributed by atoms with E-state index in [4.69, 9.17) is 21.1 Å². The zero-order valence-corrected chi connectivity index (χ0v) is 17.4. The van der Waals surface area contributed by atoms with E-state index < -0.39 is 5.79 Å². The Morgan fingerprint density at radius 2 is 1.67 bits per heavy atom. The molecule has 0 radical (unpaired) electrons. The van der Waals surface area contributed by atoms with Crippen LogP contribution < -0.4 is 5.32 Å². The maximum absolute atomic E-state index is 12.6. The van der Waals surface area contributed by atoms with Crippen LogP contribution in [-0.4, -0.2) is 90.8 Å². The number of carbonyl (C=O) groups is 3. The van der Waals surface area contributed by atoms with Crippen LogP contribution in [0.2, 0.25) is 5.02 Å². The molecule has 1 N–H and O–H groups in total. The number of hydrogen-bond donors (Lipinski definition) is 1. The van der Waals surface area contributed by atoms with Gasteiger partial charge in [0.05, 0.1) is 19.8 Å². The number of urea groups is 1. The van der Waals surface area contributed by atoms with E-state index in [0.717, 1.165) is 0 Å². The number of nitrogens with zero attached hydrogens (tertiary/aromatic N) is 3. The quantitative estimate of drug-likeness (QED) is 0.773. The van der Waals surface area contributed by atoms with Crippen LogP contribution in [0.15, 0.2) is 24.3 Å². The lowest BCUT2D eigenvalue weighted by molar-refractivity contribution is -0.187. The number of benzene rings is 1. The van der Waals surface area contributed by atoms with Gasteiger partial charge < -0.3 is 29.5 Å². The first-order valence-corrected chi connectivity index (χ1v) is 10.5. The molecule has 0 saturated carbocycles. The summed E-state index contributed by atoms with van der Waals surface area (Å²) in [4.78, 5) is 42.3. The smallest absolute Gasteiger partial charge is 0.322 e. The molecule has 1 spiro atoms. The van der Waals surface area contributed by atoms with Crippen LogP contribution in [0.4, 0.5) is 10.5 Å². The van der Waals surface area contributed by atoms with E-state index in [0.29, 0.717) is 62.9 Å². The fourth-order valence-corrected chi connectivity index (χ4v) is 4.06. The minimum absolute atomic E-state index is 0.0280. The van der Waals surface area contributed by atoms with Gasteiger partial charge in [0, 0.05) is 49.7 Å². The molecular formula is C20H25ClN4O5. The van der Waals surface area contributed by atoms with E-state index in [1.54, 1.807) is 29.2 Å². The number of halogens is 1. The first-order chi connectivity index (χ1) is 14.4. The molecule has 30 heavy (non-hydrogen) atoms. The molecule has 10 heteroatoms. The number of piperazine rings is 1. The topological polar surface area (TPSA) is 91.4 Å². The first kappa shape index (κ1) is 20.9. The molecular weight excluding hydrogens is 412 g/mol. The van der Waals surface area contributed by atoms with Crippen molar-refractivity contribution in [2.75, 3.05) is 57.8 Å². The fraction of sp³-hybridized carbons (Fsp3) is 0.550. The Morgan fingerprint density at radius 3 is 2.30 bits per heavy atom.